The first-order chi connectivity index (χ1) is 9.49. The Morgan fingerprint density at radius 3 is 2.80 bits per heavy atom. The average molecular weight is 282 g/mol. The first-order valence-electron chi connectivity index (χ1n) is 6.01. The molecule has 8 heteroatoms. The highest BCUT2D eigenvalue weighted by Gasteiger charge is 2.38. The summed E-state index contributed by atoms with van der Waals surface area (Å²) in [6.45, 7) is -0.400. The van der Waals surface area contributed by atoms with E-state index in [9.17, 15) is 19.5 Å². The van der Waals surface area contributed by atoms with Crippen molar-refractivity contribution in [1.29, 1.82) is 0 Å². The number of carboxylic acid groups (broad SMARTS) is 1. The van der Waals surface area contributed by atoms with Gasteiger partial charge >= 0.3 is 5.97 Å². The summed E-state index contributed by atoms with van der Waals surface area (Å²) in [5.74, 6) is -2.23. The smallest absolute Gasteiger partial charge is 0.326 e. The van der Waals surface area contributed by atoms with Gasteiger partial charge in [0.2, 0.25) is 5.91 Å². The van der Waals surface area contributed by atoms with Gasteiger partial charge in [-0.15, -0.1) is 0 Å². The number of nitrogens with one attached hydrogen (secondary N) is 1. The lowest BCUT2D eigenvalue weighted by Crippen LogP contribution is -2.45. The second kappa shape index (κ2) is 5.74. The monoisotopic (exact) mass is 282 g/mol. The SMILES string of the molecule is O=C(NCC(=O)N1C[C@@H](O)C[C@H]1C(=O)O)c1ccco1. The van der Waals surface area contributed by atoms with Crippen molar-refractivity contribution in [3.05, 3.63) is 24.2 Å². The number of hydrogen-bond acceptors (Lipinski definition) is 5. The normalized spacial score (nSPS) is 21.8. The van der Waals surface area contributed by atoms with Crippen molar-refractivity contribution in [2.75, 3.05) is 13.1 Å². The highest BCUT2D eigenvalue weighted by molar-refractivity contribution is 5.94. The molecule has 1 fully saturated rings. The van der Waals surface area contributed by atoms with Crippen LogP contribution in [-0.2, 0) is 9.59 Å². The van der Waals surface area contributed by atoms with Crippen LogP contribution in [0.1, 0.15) is 17.0 Å². The van der Waals surface area contributed by atoms with Gasteiger partial charge in [0, 0.05) is 13.0 Å². The van der Waals surface area contributed by atoms with Gasteiger partial charge in [-0.3, -0.25) is 9.59 Å². The van der Waals surface area contributed by atoms with E-state index >= 15 is 0 Å². The zero-order chi connectivity index (χ0) is 14.7. The van der Waals surface area contributed by atoms with Crippen LogP contribution in [0.4, 0.5) is 0 Å². The van der Waals surface area contributed by atoms with Crippen molar-refractivity contribution in [2.45, 2.75) is 18.6 Å². The number of amides is 2. The molecular formula is C12H14N2O6. The molecule has 0 bridgehead atoms. The quantitative estimate of drug-likeness (QED) is 0.655. The summed E-state index contributed by atoms with van der Waals surface area (Å²) in [6, 6.07) is 1.92. The topological polar surface area (TPSA) is 120 Å². The molecule has 1 saturated heterocycles. The molecule has 1 aliphatic rings. The number of carbonyl (C=O) groups excluding carboxylic acids is 2. The molecule has 3 N–H and O–H groups in total. The Balaban J connectivity index is 1.91. The standard InChI is InChI=1S/C12H14N2O6/c15-7-4-8(12(18)19)14(6-7)10(16)5-13-11(17)9-2-1-3-20-9/h1-3,7-8,15H,4-6H2,(H,13,17)(H,18,19)/t7-,8-/m0/s1. The Bertz CT molecular complexity index is 512. The van der Waals surface area contributed by atoms with E-state index in [1.807, 2.05) is 0 Å². The first-order valence-corrected chi connectivity index (χ1v) is 6.01. The molecule has 0 aliphatic carbocycles. The third kappa shape index (κ3) is 2.97. The lowest BCUT2D eigenvalue weighted by atomic mass is 10.2. The number of furan rings is 1. The summed E-state index contributed by atoms with van der Waals surface area (Å²) in [5.41, 5.74) is 0. The maximum Gasteiger partial charge on any atom is 0.326 e. The van der Waals surface area contributed by atoms with Gasteiger partial charge in [0.25, 0.3) is 5.91 Å². The second-order valence-corrected chi connectivity index (χ2v) is 4.45. The fourth-order valence-corrected chi connectivity index (χ4v) is 2.08. The largest absolute Gasteiger partial charge is 0.480 e. The zero-order valence-corrected chi connectivity index (χ0v) is 10.5. The van der Waals surface area contributed by atoms with Crippen molar-refractivity contribution >= 4 is 17.8 Å². The van der Waals surface area contributed by atoms with Crippen molar-refractivity contribution in [3.8, 4) is 0 Å². The first kappa shape index (κ1) is 14.1. The van der Waals surface area contributed by atoms with E-state index in [1.165, 1.54) is 18.4 Å². The van der Waals surface area contributed by atoms with Gasteiger partial charge in [0.15, 0.2) is 5.76 Å². The van der Waals surface area contributed by atoms with Crippen LogP contribution in [0.5, 0.6) is 0 Å². The fraction of sp³-hybridized carbons (Fsp3) is 0.417. The molecule has 0 spiro atoms. The van der Waals surface area contributed by atoms with Crippen LogP contribution in [0.15, 0.2) is 22.8 Å². The molecule has 0 radical (unpaired) electrons. The van der Waals surface area contributed by atoms with Gasteiger partial charge in [-0.25, -0.2) is 4.79 Å². The van der Waals surface area contributed by atoms with Crippen LogP contribution in [0.3, 0.4) is 0 Å². The van der Waals surface area contributed by atoms with Crippen molar-refractivity contribution in [1.82, 2.24) is 10.2 Å². The molecule has 0 aromatic carbocycles. The number of hydrogen-bond donors (Lipinski definition) is 3. The molecular weight excluding hydrogens is 268 g/mol. The van der Waals surface area contributed by atoms with Gasteiger partial charge < -0.3 is 24.8 Å². The minimum absolute atomic E-state index is 0.00674. The van der Waals surface area contributed by atoms with Gasteiger partial charge in [-0.05, 0) is 12.1 Å². The summed E-state index contributed by atoms with van der Waals surface area (Å²) in [7, 11) is 0. The Hall–Kier alpha value is -2.35. The highest BCUT2D eigenvalue weighted by atomic mass is 16.4. The Labute approximate surface area is 114 Å². The molecule has 0 saturated carbocycles. The molecule has 2 atom stereocenters. The molecule has 2 rings (SSSR count). The van der Waals surface area contributed by atoms with E-state index in [-0.39, 0.29) is 25.3 Å². The van der Waals surface area contributed by atoms with Gasteiger partial charge in [-0.2, -0.15) is 0 Å². The van der Waals surface area contributed by atoms with Crippen LogP contribution in [0.25, 0.3) is 0 Å². The number of rotatable bonds is 4. The van der Waals surface area contributed by atoms with Crippen molar-refractivity contribution in [2.24, 2.45) is 0 Å². The van der Waals surface area contributed by atoms with Crippen molar-refractivity contribution in [3.63, 3.8) is 0 Å². The van der Waals surface area contributed by atoms with Crippen LogP contribution in [-0.4, -0.2) is 58.1 Å². The van der Waals surface area contributed by atoms with Crippen LogP contribution < -0.4 is 5.32 Å². The second-order valence-electron chi connectivity index (χ2n) is 4.45. The summed E-state index contributed by atoms with van der Waals surface area (Å²) in [5, 5.41) is 20.7. The van der Waals surface area contributed by atoms with Crippen LogP contribution in [0.2, 0.25) is 0 Å². The minimum Gasteiger partial charge on any atom is -0.480 e. The molecule has 20 heavy (non-hydrogen) atoms. The van der Waals surface area contributed by atoms with E-state index in [1.54, 1.807) is 0 Å². The summed E-state index contributed by atoms with van der Waals surface area (Å²) < 4.78 is 4.86. The molecule has 2 heterocycles. The number of nitrogens with zero attached hydrogens (tertiary/aromatic N) is 1. The lowest BCUT2D eigenvalue weighted by Gasteiger charge is -2.21. The Kier molecular flexibility index (Phi) is 4.04. The molecule has 108 valence electrons. The molecule has 1 aromatic rings. The van der Waals surface area contributed by atoms with E-state index in [0.717, 1.165) is 4.90 Å². The average Bonchev–Trinajstić information content (AvgIpc) is 3.04. The molecule has 0 unspecified atom stereocenters. The number of likely N-dealkylation sites (tertiary alicyclic amines) is 1. The third-order valence-corrected chi connectivity index (χ3v) is 3.03. The van der Waals surface area contributed by atoms with E-state index in [4.69, 9.17) is 9.52 Å². The van der Waals surface area contributed by atoms with E-state index < -0.39 is 29.9 Å². The van der Waals surface area contributed by atoms with Crippen LogP contribution >= 0.6 is 0 Å². The molecule has 8 nitrogen and oxygen atoms in total. The maximum atomic E-state index is 11.9. The van der Waals surface area contributed by atoms with E-state index in [0.29, 0.717) is 0 Å². The van der Waals surface area contributed by atoms with E-state index in [2.05, 4.69) is 5.32 Å². The minimum atomic E-state index is -1.17. The number of aliphatic hydroxyl groups is 1. The Morgan fingerprint density at radius 1 is 1.45 bits per heavy atom. The number of aliphatic hydroxyl groups excluding tert-OH is 1. The Morgan fingerprint density at radius 2 is 2.20 bits per heavy atom. The molecule has 1 aromatic heterocycles. The zero-order valence-electron chi connectivity index (χ0n) is 10.5. The van der Waals surface area contributed by atoms with Crippen LogP contribution in [0, 0.1) is 0 Å². The summed E-state index contributed by atoms with van der Waals surface area (Å²) in [4.78, 5) is 35.5. The molecule has 1 aliphatic heterocycles. The van der Waals surface area contributed by atoms with Gasteiger partial charge in [0.05, 0.1) is 18.9 Å². The fourth-order valence-electron chi connectivity index (χ4n) is 2.08. The number of carbonyl (C=O) groups is 3. The number of carboxylic acids is 1. The third-order valence-electron chi connectivity index (χ3n) is 3.03. The number of aliphatic carboxylic acids is 1. The lowest BCUT2D eigenvalue weighted by molar-refractivity contribution is -0.147. The summed E-state index contributed by atoms with van der Waals surface area (Å²) in [6.07, 6.45) is 0.460. The van der Waals surface area contributed by atoms with Gasteiger partial charge in [0.1, 0.15) is 6.04 Å². The predicted octanol–water partition coefficient (Wildman–Crippen LogP) is -0.944. The van der Waals surface area contributed by atoms with Crippen molar-refractivity contribution < 1.29 is 29.0 Å². The number of β-amino-alcohol motifs (C(OH)–C–C–N with tert-alkyl or cyclic N) is 1. The summed E-state index contributed by atoms with van der Waals surface area (Å²) >= 11 is 0. The maximum absolute atomic E-state index is 11.9. The molecule has 2 amide bonds. The highest BCUT2D eigenvalue weighted by Crippen LogP contribution is 2.18. The van der Waals surface area contributed by atoms with Gasteiger partial charge in [-0.1, -0.05) is 0 Å². The predicted molar refractivity (Wildman–Crippen MR) is 64.8 cm³/mol.